The van der Waals surface area contributed by atoms with Crippen molar-refractivity contribution in [3.05, 3.63) is 53.5 Å². The summed E-state index contributed by atoms with van der Waals surface area (Å²) in [6.07, 6.45) is 1.35. The standard InChI is InChI=1S/C25H32N4O4/c1-18-16-22(19(2)33-18)25(32)29-14-12-27(13-15-29)17-23(30)28-10-8-20(9-11-28)24(31)26-21-6-4-3-5-7-21/h3-7,16,20H,8-15,17H2,1-2H3,(H,26,31). The third kappa shape index (κ3) is 5.63. The van der Waals surface area contributed by atoms with E-state index >= 15 is 0 Å². The highest BCUT2D eigenvalue weighted by Crippen LogP contribution is 2.21. The van der Waals surface area contributed by atoms with Gasteiger partial charge in [0.1, 0.15) is 11.5 Å². The van der Waals surface area contributed by atoms with Crippen LogP contribution in [-0.4, -0.2) is 78.2 Å². The first-order chi connectivity index (χ1) is 15.9. The second-order valence-corrected chi connectivity index (χ2v) is 8.91. The molecule has 0 aliphatic carbocycles. The van der Waals surface area contributed by atoms with E-state index in [1.54, 1.807) is 6.07 Å². The van der Waals surface area contributed by atoms with Crippen molar-refractivity contribution in [2.24, 2.45) is 5.92 Å². The van der Waals surface area contributed by atoms with Crippen molar-refractivity contribution < 1.29 is 18.8 Å². The van der Waals surface area contributed by atoms with Gasteiger partial charge in [-0.05, 0) is 44.9 Å². The molecule has 2 aliphatic heterocycles. The van der Waals surface area contributed by atoms with E-state index in [-0.39, 0.29) is 23.6 Å². The van der Waals surface area contributed by atoms with Crippen LogP contribution in [0.25, 0.3) is 0 Å². The van der Waals surface area contributed by atoms with Crippen LogP contribution in [0.15, 0.2) is 40.8 Å². The summed E-state index contributed by atoms with van der Waals surface area (Å²) in [7, 11) is 0. The molecule has 2 aromatic rings. The van der Waals surface area contributed by atoms with Crippen molar-refractivity contribution in [3.63, 3.8) is 0 Å². The van der Waals surface area contributed by atoms with Crippen molar-refractivity contribution in [1.29, 1.82) is 0 Å². The number of furan rings is 1. The number of hydrogen-bond acceptors (Lipinski definition) is 5. The highest BCUT2D eigenvalue weighted by atomic mass is 16.3. The van der Waals surface area contributed by atoms with Crippen molar-refractivity contribution in [2.45, 2.75) is 26.7 Å². The summed E-state index contributed by atoms with van der Waals surface area (Å²) in [5.74, 6) is 1.43. The molecule has 8 heteroatoms. The number of benzene rings is 1. The van der Waals surface area contributed by atoms with Crippen LogP contribution >= 0.6 is 0 Å². The zero-order valence-corrected chi connectivity index (χ0v) is 19.4. The Labute approximate surface area is 194 Å². The normalized spacial score (nSPS) is 17.8. The Morgan fingerprint density at radius 2 is 1.61 bits per heavy atom. The van der Waals surface area contributed by atoms with Gasteiger partial charge in [-0.2, -0.15) is 0 Å². The SMILES string of the molecule is Cc1cc(C(=O)N2CCN(CC(=O)N3CCC(C(=O)Nc4ccccc4)CC3)CC2)c(C)o1. The van der Waals surface area contributed by atoms with Crippen LogP contribution < -0.4 is 5.32 Å². The minimum atomic E-state index is -0.0705. The minimum absolute atomic E-state index is 0.00817. The Balaban J connectivity index is 1.20. The largest absolute Gasteiger partial charge is 0.466 e. The predicted molar refractivity (Wildman–Crippen MR) is 125 cm³/mol. The molecule has 0 atom stereocenters. The number of para-hydroxylation sites is 1. The lowest BCUT2D eigenvalue weighted by molar-refractivity contribution is -0.135. The lowest BCUT2D eigenvalue weighted by atomic mass is 9.95. The van der Waals surface area contributed by atoms with Crippen molar-refractivity contribution in [2.75, 3.05) is 51.1 Å². The van der Waals surface area contributed by atoms with Gasteiger partial charge in [0.05, 0.1) is 12.1 Å². The molecule has 0 unspecified atom stereocenters. The number of anilines is 1. The van der Waals surface area contributed by atoms with Crippen LogP contribution in [0.5, 0.6) is 0 Å². The molecule has 0 bridgehead atoms. The van der Waals surface area contributed by atoms with E-state index in [0.717, 1.165) is 11.4 Å². The lowest BCUT2D eigenvalue weighted by Gasteiger charge is -2.36. The number of hydrogen-bond donors (Lipinski definition) is 1. The summed E-state index contributed by atoms with van der Waals surface area (Å²) < 4.78 is 5.49. The fourth-order valence-corrected chi connectivity index (χ4v) is 4.57. The first-order valence-electron chi connectivity index (χ1n) is 11.6. The summed E-state index contributed by atoms with van der Waals surface area (Å²) in [4.78, 5) is 43.9. The van der Waals surface area contributed by atoms with Crippen LogP contribution in [0.1, 0.15) is 34.7 Å². The van der Waals surface area contributed by atoms with Gasteiger partial charge in [-0.25, -0.2) is 0 Å². The van der Waals surface area contributed by atoms with Gasteiger partial charge in [0, 0.05) is 50.9 Å². The van der Waals surface area contributed by atoms with Crippen LogP contribution in [0.2, 0.25) is 0 Å². The highest BCUT2D eigenvalue weighted by molar-refractivity contribution is 5.95. The van der Waals surface area contributed by atoms with Crippen molar-refractivity contribution in [3.8, 4) is 0 Å². The number of piperazine rings is 1. The summed E-state index contributed by atoms with van der Waals surface area (Å²) in [5.41, 5.74) is 1.42. The van der Waals surface area contributed by atoms with E-state index in [1.807, 2.05) is 54.0 Å². The number of amides is 3. The van der Waals surface area contributed by atoms with Crippen LogP contribution in [-0.2, 0) is 9.59 Å². The van der Waals surface area contributed by atoms with Gasteiger partial charge in [0.15, 0.2) is 0 Å². The molecular weight excluding hydrogens is 420 g/mol. The molecule has 176 valence electrons. The number of carbonyl (C=O) groups excluding carboxylic acids is 3. The van der Waals surface area contributed by atoms with Crippen LogP contribution in [0.3, 0.4) is 0 Å². The van der Waals surface area contributed by atoms with Crippen LogP contribution in [0, 0.1) is 19.8 Å². The van der Waals surface area contributed by atoms with E-state index < -0.39 is 0 Å². The molecule has 3 heterocycles. The van der Waals surface area contributed by atoms with E-state index in [9.17, 15) is 14.4 Å². The Morgan fingerprint density at radius 1 is 0.939 bits per heavy atom. The molecule has 0 spiro atoms. The number of aryl methyl sites for hydroxylation is 2. The van der Waals surface area contributed by atoms with Crippen LogP contribution in [0.4, 0.5) is 5.69 Å². The van der Waals surface area contributed by atoms with E-state index in [0.29, 0.717) is 70.0 Å². The third-order valence-corrected chi connectivity index (χ3v) is 6.55. The van der Waals surface area contributed by atoms with E-state index in [4.69, 9.17) is 4.42 Å². The number of rotatable bonds is 5. The lowest BCUT2D eigenvalue weighted by Crippen LogP contribution is -2.52. The number of nitrogens with one attached hydrogen (secondary N) is 1. The molecule has 3 amide bonds. The van der Waals surface area contributed by atoms with Gasteiger partial charge in [0.25, 0.3) is 5.91 Å². The van der Waals surface area contributed by atoms with Gasteiger partial charge in [-0.3, -0.25) is 19.3 Å². The van der Waals surface area contributed by atoms with Crippen molar-refractivity contribution >= 4 is 23.4 Å². The molecule has 1 N–H and O–H groups in total. The number of nitrogens with zero attached hydrogens (tertiary/aromatic N) is 3. The Morgan fingerprint density at radius 3 is 2.21 bits per heavy atom. The summed E-state index contributed by atoms with van der Waals surface area (Å²) in [6.45, 7) is 7.73. The minimum Gasteiger partial charge on any atom is -0.466 e. The van der Waals surface area contributed by atoms with Gasteiger partial charge in [0.2, 0.25) is 11.8 Å². The quantitative estimate of drug-likeness (QED) is 0.754. The first-order valence-corrected chi connectivity index (χ1v) is 11.6. The average Bonchev–Trinajstić information content (AvgIpc) is 3.17. The monoisotopic (exact) mass is 452 g/mol. The summed E-state index contributed by atoms with van der Waals surface area (Å²) >= 11 is 0. The van der Waals surface area contributed by atoms with E-state index in [1.165, 1.54) is 0 Å². The zero-order chi connectivity index (χ0) is 23.4. The molecule has 33 heavy (non-hydrogen) atoms. The fraction of sp³-hybridized carbons (Fsp3) is 0.480. The average molecular weight is 453 g/mol. The zero-order valence-electron chi connectivity index (χ0n) is 19.4. The van der Waals surface area contributed by atoms with Gasteiger partial charge >= 0.3 is 0 Å². The maximum atomic E-state index is 12.8. The smallest absolute Gasteiger partial charge is 0.257 e. The maximum absolute atomic E-state index is 12.8. The highest BCUT2D eigenvalue weighted by Gasteiger charge is 2.30. The topological polar surface area (TPSA) is 86.1 Å². The molecule has 1 aromatic carbocycles. The molecule has 1 aromatic heterocycles. The summed E-state index contributed by atoms with van der Waals surface area (Å²) in [5, 5.41) is 2.96. The number of likely N-dealkylation sites (tertiary alicyclic amines) is 1. The molecular formula is C25H32N4O4. The molecule has 0 saturated carbocycles. The predicted octanol–water partition coefficient (Wildman–Crippen LogP) is 2.53. The Hall–Kier alpha value is -3.13. The first kappa shape index (κ1) is 23.0. The van der Waals surface area contributed by atoms with E-state index in [2.05, 4.69) is 10.2 Å². The molecule has 2 aliphatic rings. The fourth-order valence-electron chi connectivity index (χ4n) is 4.57. The number of carbonyl (C=O) groups is 3. The second-order valence-electron chi connectivity index (χ2n) is 8.91. The Kier molecular flexibility index (Phi) is 7.13. The third-order valence-electron chi connectivity index (χ3n) is 6.55. The Bertz CT molecular complexity index is 987. The molecule has 2 saturated heterocycles. The second kappa shape index (κ2) is 10.2. The van der Waals surface area contributed by atoms with Gasteiger partial charge in [-0.15, -0.1) is 0 Å². The van der Waals surface area contributed by atoms with Gasteiger partial charge < -0.3 is 19.5 Å². The number of piperidine rings is 1. The molecule has 0 radical (unpaired) electrons. The summed E-state index contributed by atoms with van der Waals surface area (Å²) in [6, 6.07) is 11.2. The molecule has 2 fully saturated rings. The molecule has 4 rings (SSSR count). The maximum Gasteiger partial charge on any atom is 0.257 e. The molecule has 8 nitrogen and oxygen atoms in total. The van der Waals surface area contributed by atoms with Gasteiger partial charge in [-0.1, -0.05) is 18.2 Å². The van der Waals surface area contributed by atoms with Crippen molar-refractivity contribution in [1.82, 2.24) is 14.7 Å².